The minimum Gasteiger partial charge on any atom is -0.381 e. The third kappa shape index (κ3) is 4.11. The molecule has 3 aromatic rings. The van der Waals surface area contributed by atoms with Gasteiger partial charge in [-0.1, -0.05) is 29.8 Å². The molecule has 1 saturated heterocycles. The van der Waals surface area contributed by atoms with Crippen LogP contribution in [0.5, 0.6) is 0 Å². The van der Waals surface area contributed by atoms with Crippen LogP contribution in [0.2, 0.25) is 4.34 Å². The summed E-state index contributed by atoms with van der Waals surface area (Å²) in [6.07, 6.45) is 1.73. The summed E-state index contributed by atoms with van der Waals surface area (Å²) >= 11 is 7.52. The molecule has 1 aliphatic heterocycles. The average Bonchev–Trinajstić information content (AvgIpc) is 3.33. The van der Waals surface area contributed by atoms with Crippen LogP contribution in [-0.2, 0) is 11.3 Å². The Balaban J connectivity index is 1.64. The maximum absolute atomic E-state index is 13.2. The lowest BCUT2D eigenvalue weighted by Gasteiger charge is -2.18. The van der Waals surface area contributed by atoms with Gasteiger partial charge in [-0.2, -0.15) is 9.67 Å². The summed E-state index contributed by atoms with van der Waals surface area (Å²) in [6.45, 7) is 3.84. The predicted octanol–water partition coefficient (Wildman–Crippen LogP) is 4.50. The number of aromatic nitrogens is 3. The van der Waals surface area contributed by atoms with Gasteiger partial charge in [0.1, 0.15) is 0 Å². The van der Waals surface area contributed by atoms with Gasteiger partial charge < -0.3 is 10.1 Å². The van der Waals surface area contributed by atoms with E-state index in [9.17, 15) is 4.79 Å². The van der Waals surface area contributed by atoms with E-state index in [4.69, 9.17) is 16.3 Å². The van der Waals surface area contributed by atoms with Crippen LogP contribution >= 0.6 is 22.9 Å². The van der Waals surface area contributed by atoms with Crippen molar-refractivity contribution in [2.45, 2.75) is 32.2 Å². The van der Waals surface area contributed by atoms with Crippen molar-refractivity contribution >= 4 is 34.8 Å². The smallest absolute Gasteiger partial charge is 0.281 e. The summed E-state index contributed by atoms with van der Waals surface area (Å²) in [7, 11) is 0. The maximum atomic E-state index is 13.2. The lowest BCUT2D eigenvalue weighted by atomic mass is 10.00. The summed E-state index contributed by atoms with van der Waals surface area (Å²) in [6, 6.07) is 11.3. The molecule has 0 amide bonds. The van der Waals surface area contributed by atoms with Crippen molar-refractivity contribution in [3.8, 4) is 0 Å². The summed E-state index contributed by atoms with van der Waals surface area (Å²) in [5.74, 6) is 1.17. The van der Waals surface area contributed by atoms with Gasteiger partial charge in [0.2, 0.25) is 5.95 Å². The van der Waals surface area contributed by atoms with Crippen molar-refractivity contribution in [3.05, 3.63) is 62.6 Å². The van der Waals surface area contributed by atoms with Crippen LogP contribution in [0.25, 0.3) is 0 Å². The molecule has 0 aliphatic carbocycles. The Morgan fingerprint density at radius 1 is 1.29 bits per heavy atom. The Morgan fingerprint density at radius 2 is 2.07 bits per heavy atom. The number of carbonyl (C=O) groups excluding carboxylic acids is 1. The quantitative estimate of drug-likeness (QED) is 0.663. The Bertz CT molecular complexity index is 978. The van der Waals surface area contributed by atoms with Crippen molar-refractivity contribution in [3.63, 3.8) is 0 Å². The molecule has 0 saturated carbocycles. The number of thiophene rings is 1. The number of nitrogens with zero attached hydrogens (tertiary/aromatic N) is 3. The number of aryl methyl sites for hydroxylation is 1. The van der Waals surface area contributed by atoms with Gasteiger partial charge in [0.05, 0.1) is 10.9 Å². The number of hydrogen-bond donors (Lipinski definition) is 1. The molecule has 0 radical (unpaired) electrons. The predicted molar refractivity (Wildman–Crippen MR) is 110 cm³/mol. The molecule has 2 aromatic heterocycles. The van der Waals surface area contributed by atoms with Crippen LogP contribution in [0.15, 0.2) is 36.4 Å². The average molecular weight is 417 g/mol. The number of hydrogen-bond acceptors (Lipinski definition) is 6. The van der Waals surface area contributed by atoms with E-state index in [1.165, 1.54) is 16.0 Å². The van der Waals surface area contributed by atoms with E-state index in [1.54, 1.807) is 0 Å². The molecule has 1 aliphatic rings. The van der Waals surface area contributed by atoms with E-state index >= 15 is 0 Å². The molecule has 1 N–H and O–H groups in total. The zero-order chi connectivity index (χ0) is 19.5. The number of nitrogens with one attached hydrogen (secondary N) is 1. The molecule has 28 heavy (non-hydrogen) atoms. The van der Waals surface area contributed by atoms with Crippen molar-refractivity contribution in [1.82, 2.24) is 14.8 Å². The highest BCUT2D eigenvalue weighted by Crippen LogP contribution is 2.27. The third-order valence-corrected chi connectivity index (χ3v) is 6.06. The molecular weight excluding hydrogens is 396 g/mol. The largest absolute Gasteiger partial charge is 0.381 e. The molecular formula is C20H21ClN4O2S. The summed E-state index contributed by atoms with van der Waals surface area (Å²) in [4.78, 5) is 18.9. The molecule has 8 heteroatoms. The van der Waals surface area contributed by atoms with Gasteiger partial charge in [0.25, 0.3) is 5.91 Å². The highest BCUT2D eigenvalue weighted by Gasteiger charge is 2.25. The first-order chi connectivity index (χ1) is 13.6. The van der Waals surface area contributed by atoms with E-state index in [0.717, 1.165) is 27.6 Å². The van der Waals surface area contributed by atoms with Crippen LogP contribution < -0.4 is 5.32 Å². The molecule has 1 fully saturated rings. The van der Waals surface area contributed by atoms with E-state index in [0.29, 0.717) is 37.1 Å². The molecule has 6 nitrogen and oxygen atoms in total. The zero-order valence-electron chi connectivity index (χ0n) is 15.5. The highest BCUT2D eigenvalue weighted by atomic mass is 35.5. The van der Waals surface area contributed by atoms with E-state index in [2.05, 4.69) is 15.4 Å². The standard InChI is InChI=1S/C20H21ClN4O2S/c1-13-4-2-3-5-16(13)19(26)25-20(22-12-15-6-7-17(21)28-15)23-18(24-25)14-8-10-27-11-9-14/h2-7,14H,8-12H2,1H3,(H,22,23,24). The molecule has 0 spiro atoms. The Kier molecular flexibility index (Phi) is 5.75. The van der Waals surface area contributed by atoms with Crippen LogP contribution in [0.4, 0.5) is 5.95 Å². The zero-order valence-corrected chi connectivity index (χ0v) is 17.1. The van der Waals surface area contributed by atoms with E-state index in [1.807, 2.05) is 43.3 Å². The first-order valence-electron chi connectivity index (χ1n) is 9.25. The second-order valence-corrected chi connectivity index (χ2v) is 8.57. The van der Waals surface area contributed by atoms with Crippen molar-refractivity contribution in [2.75, 3.05) is 18.5 Å². The SMILES string of the molecule is Cc1ccccc1C(=O)n1nc(C2CCOCC2)nc1NCc1ccc(Cl)s1. The fourth-order valence-electron chi connectivity index (χ4n) is 3.25. The number of benzene rings is 1. The number of carbonyl (C=O) groups is 1. The van der Waals surface area contributed by atoms with Crippen molar-refractivity contribution in [2.24, 2.45) is 0 Å². The van der Waals surface area contributed by atoms with Gasteiger partial charge in [-0.05, 0) is 43.5 Å². The highest BCUT2D eigenvalue weighted by molar-refractivity contribution is 7.16. The molecule has 1 aromatic carbocycles. The maximum Gasteiger partial charge on any atom is 0.281 e. The van der Waals surface area contributed by atoms with E-state index in [-0.39, 0.29) is 11.8 Å². The minimum absolute atomic E-state index is 0.185. The molecule has 0 unspecified atom stereocenters. The number of rotatable bonds is 5. The number of halogens is 1. The second-order valence-electron chi connectivity index (χ2n) is 6.77. The molecule has 3 heterocycles. The first-order valence-corrected chi connectivity index (χ1v) is 10.4. The van der Waals surface area contributed by atoms with Crippen LogP contribution in [0, 0.1) is 6.92 Å². The van der Waals surface area contributed by atoms with Gasteiger partial charge in [-0.25, -0.2) is 0 Å². The van der Waals surface area contributed by atoms with Gasteiger partial charge >= 0.3 is 0 Å². The Labute approximate surface area is 172 Å². The number of anilines is 1. The van der Waals surface area contributed by atoms with Crippen LogP contribution in [-0.4, -0.2) is 33.9 Å². The second kappa shape index (κ2) is 8.43. The monoisotopic (exact) mass is 416 g/mol. The lowest BCUT2D eigenvalue weighted by Crippen LogP contribution is -2.19. The Morgan fingerprint density at radius 3 is 2.79 bits per heavy atom. The van der Waals surface area contributed by atoms with Gasteiger partial charge in [-0.3, -0.25) is 4.79 Å². The van der Waals surface area contributed by atoms with Gasteiger partial charge in [0, 0.05) is 29.6 Å². The molecule has 4 rings (SSSR count). The summed E-state index contributed by atoms with van der Waals surface area (Å²) in [5.41, 5.74) is 1.53. The van der Waals surface area contributed by atoms with Crippen molar-refractivity contribution in [1.29, 1.82) is 0 Å². The van der Waals surface area contributed by atoms with Gasteiger partial charge in [0.15, 0.2) is 5.82 Å². The Hall–Kier alpha value is -2.22. The van der Waals surface area contributed by atoms with Crippen LogP contribution in [0.3, 0.4) is 0 Å². The third-order valence-electron chi connectivity index (χ3n) is 4.83. The molecule has 0 atom stereocenters. The van der Waals surface area contributed by atoms with Crippen LogP contribution in [0.1, 0.15) is 45.4 Å². The summed E-state index contributed by atoms with van der Waals surface area (Å²) in [5, 5.41) is 7.85. The lowest BCUT2D eigenvalue weighted by molar-refractivity contribution is 0.0833. The van der Waals surface area contributed by atoms with Crippen molar-refractivity contribution < 1.29 is 9.53 Å². The molecule has 146 valence electrons. The topological polar surface area (TPSA) is 69.0 Å². The van der Waals surface area contributed by atoms with Gasteiger partial charge in [-0.15, -0.1) is 16.4 Å². The fourth-order valence-corrected chi connectivity index (χ4v) is 4.28. The normalized spacial score (nSPS) is 14.9. The number of ether oxygens (including phenoxy) is 1. The first kappa shape index (κ1) is 19.1. The van der Waals surface area contributed by atoms with E-state index < -0.39 is 0 Å². The molecule has 0 bridgehead atoms. The minimum atomic E-state index is -0.185. The summed E-state index contributed by atoms with van der Waals surface area (Å²) < 4.78 is 7.57. The fraction of sp³-hybridized carbons (Fsp3) is 0.350.